The van der Waals surface area contributed by atoms with Gasteiger partial charge in [0.15, 0.2) is 0 Å². The van der Waals surface area contributed by atoms with E-state index in [4.69, 9.17) is 11.6 Å². The second-order valence-corrected chi connectivity index (χ2v) is 8.57. The summed E-state index contributed by atoms with van der Waals surface area (Å²) in [4.78, 5) is 39.0. The van der Waals surface area contributed by atoms with Crippen molar-refractivity contribution in [3.05, 3.63) is 111 Å². The molecule has 4 rings (SSSR count). The van der Waals surface area contributed by atoms with Gasteiger partial charge in [0.1, 0.15) is 10.7 Å². The highest BCUT2D eigenvalue weighted by Crippen LogP contribution is 2.24. The van der Waals surface area contributed by atoms with Gasteiger partial charge in [0.25, 0.3) is 17.7 Å². The van der Waals surface area contributed by atoms with E-state index in [-0.39, 0.29) is 29.7 Å². The van der Waals surface area contributed by atoms with E-state index in [1.54, 1.807) is 24.3 Å². The second kappa shape index (κ2) is 9.93. The number of hydrogen-bond acceptors (Lipinski definition) is 4. The predicted octanol–water partition coefficient (Wildman–Crippen LogP) is 4.66. The molecule has 0 saturated heterocycles. The molecule has 0 bridgehead atoms. The number of anilines is 1. The van der Waals surface area contributed by atoms with Gasteiger partial charge in [-0.3, -0.25) is 19.3 Å². The number of benzene rings is 3. The molecule has 0 aliphatic carbocycles. The molecule has 2 N–H and O–H groups in total. The number of carbonyl (C=O) groups excluding carboxylic acids is 3. The van der Waals surface area contributed by atoms with E-state index in [9.17, 15) is 14.4 Å². The summed E-state index contributed by atoms with van der Waals surface area (Å²) in [6, 6.07) is 22.1. The van der Waals surface area contributed by atoms with Crippen LogP contribution in [-0.2, 0) is 22.7 Å². The Morgan fingerprint density at radius 1 is 0.882 bits per heavy atom. The van der Waals surface area contributed by atoms with Gasteiger partial charge in [-0.15, -0.1) is 0 Å². The molecule has 1 heterocycles. The Hall–Kier alpha value is -3.90. The standard InChI is InChI=1S/C27H24ClN3O3/c1-17-8-13-22(18(2)14-17)30-25(32)21-11-9-19(10-12-21)15-29-24-23(28)26(33)31(27(24)34)16-20-6-4-3-5-7-20/h3-14,29H,15-16H2,1-2H3,(H,30,32). The van der Waals surface area contributed by atoms with E-state index in [0.29, 0.717) is 5.56 Å². The van der Waals surface area contributed by atoms with Gasteiger partial charge in [-0.1, -0.05) is 71.8 Å². The number of hydrogen-bond donors (Lipinski definition) is 2. The summed E-state index contributed by atoms with van der Waals surface area (Å²) in [5.41, 5.74) is 5.17. The summed E-state index contributed by atoms with van der Waals surface area (Å²) < 4.78 is 0. The maximum absolute atomic E-state index is 12.8. The van der Waals surface area contributed by atoms with Crippen molar-refractivity contribution in [2.45, 2.75) is 26.9 Å². The van der Waals surface area contributed by atoms with Gasteiger partial charge in [-0.05, 0) is 48.7 Å². The van der Waals surface area contributed by atoms with Crippen molar-refractivity contribution in [3.63, 3.8) is 0 Å². The molecule has 0 unspecified atom stereocenters. The van der Waals surface area contributed by atoms with E-state index in [1.165, 1.54) is 0 Å². The SMILES string of the molecule is Cc1ccc(NC(=O)c2ccc(CNC3=C(Cl)C(=O)N(Cc4ccccc4)C3=O)cc2)c(C)c1. The van der Waals surface area contributed by atoms with Crippen molar-refractivity contribution in [3.8, 4) is 0 Å². The third-order valence-electron chi connectivity index (χ3n) is 5.61. The van der Waals surface area contributed by atoms with Gasteiger partial charge >= 0.3 is 0 Å². The summed E-state index contributed by atoms with van der Waals surface area (Å²) in [7, 11) is 0. The monoisotopic (exact) mass is 473 g/mol. The van der Waals surface area contributed by atoms with Crippen LogP contribution in [0, 0.1) is 13.8 Å². The number of amides is 3. The van der Waals surface area contributed by atoms with E-state index in [0.717, 1.165) is 32.8 Å². The predicted molar refractivity (Wildman–Crippen MR) is 132 cm³/mol. The summed E-state index contributed by atoms with van der Waals surface area (Å²) in [5, 5.41) is 5.78. The minimum atomic E-state index is -0.517. The lowest BCUT2D eigenvalue weighted by Gasteiger charge is -2.15. The zero-order chi connectivity index (χ0) is 24.2. The highest BCUT2D eigenvalue weighted by Gasteiger charge is 2.37. The first-order valence-electron chi connectivity index (χ1n) is 10.8. The van der Waals surface area contributed by atoms with Crippen LogP contribution in [0.2, 0.25) is 0 Å². The van der Waals surface area contributed by atoms with Crippen molar-refractivity contribution >= 4 is 35.0 Å². The molecule has 0 fully saturated rings. The maximum atomic E-state index is 12.8. The number of nitrogens with zero attached hydrogens (tertiary/aromatic N) is 1. The van der Waals surface area contributed by atoms with Gasteiger partial charge in [-0.2, -0.15) is 0 Å². The Labute approximate surface area is 203 Å². The lowest BCUT2D eigenvalue weighted by molar-refractivity contribution is -0.138. The largest absolute Gasteiger partial charge is 0.375 e. The molecule has 0 spiro atoms. The van der Waals surface area contributed by atoms with Crippen LogP contribution in [0.1, 0.15) is 32.6 Å². The molecule has 3 amide bonds. The van der Waals surface area contributed by atoms with Crippen LogP contribution >= 0.6 is 11.6 Å². The fraction of sp³-hybridized carbons (Fsp3) is 0.148. The van der Waals surface area contributed by atoms with Crippen molar-refractivity contribution in [2.24, 2.45) is 0 Å². The van der Waals surface area contributed by atoms with Crippen molar-refractivity contribution in [1.29, 1.82) is 0 Å². The van der Waals surface area contributed by atoms with Gasteiger partial charge in [-0.25, -0.2) is 0 Å². The Morgan fingerprint density at radius 3 is 2.26 bits per heavy atom. The van der Waals surface area contributed by atoms with Crippen molar-refractivity contribution in [1.82, 2.24) is 10.2 Å². The molecule has 34 heavy (non-hydrogen) atoms. The molecule has 1 aliphatic heterocycles. The maximum Gasteiger partial charge on any atom is 0.278 e. The molecular weight excluding hydrogens is 450 g/mol. The highest BCUT2D eigenvalue weighted by atomic mass is 35.5. The first-order chi connectivity index (χ1) is 16.3. The Balaban J connectivity index is 1.37. The average molecular weight is 474 g/mol. The third-order valence-corrected chi connectivity index (χ3v) is 5.96. The zero-order valence-electron chi connectivity index (χ0n) is 18.9. The molecule has 0 radical (unpaired) electrons. The Kier molecular flexibility index (Phi) is 6.80. The molecule has 3 aromatic rings. The van der Waals surface area contributed by atoms with Crippen LogP contribution in [0.3, 0.4) is 0 Å². The van der Waals surface area contributed by atoms with E-state index in [2.05, 4.69) is 10.6 Å². The van der Waals surface area contributed by atoms with Crippen molar-refractivity contribution < 1.29 is 14.4 Å². The molecule has 6 nitrogen and oxygen atoms in total. The van der Waals surface area contributed by atoms with Gasteiger partial charge in [0.2, 0.25) is 0 Å². The molecule has 0 aromatic heterocycles. The lowest BCUT2D eigenvalue weighted by atomic mass is 10.1. The molecule has 172 valence electrons. The van der Waals surface area contributed by atoms with E-state index < -0.39 is 11.8 Å². The lowest BCUT2D eigenvalue weighted by Crippen LogP contribution is -2.33. The van der Waals surface area contributed by atoms with Crippen LogP contribution < -0.4 is 10.6 Å². The fourth-order valence-electron chi connectivity index (χ4n) is 3.72. The van der Waals surface area contributed by atoms with E-state index in [1.807, 2.05) is 62.4 Å². The summed E-state index contributed by atoms with van der Waals surface area (Å²) in [6.07, 6.45) is 0. The second-order valence-electron chi connectivity index (χ2n) is 8.19. The molecule has 1 aliphatic rings. The van der Waals surface area contributed by atoms with Gasteiger partial charge in [0, 0.05) is 17.8 Å². The van der Waals surface area contributed by atoms with Crippen LogP contribution in [0.5, 0.6) is 0 Å². The molecular formula is C27H24ClN3O3. The summed E-state index contributed by atoms with van der Waals surface area (Å²) in [6.45, 7) is 4.39. The molecule has 3 aromatic carbocycles. The number of carbonyl (C=O) groups is 3. The zero-order valence-corrected chi connectivity index (χ0v) is 19.6. The molecule has 0 atom stereocenters. The summed E-state index contributed by atoms with van der Waals surface area (Å²) in [5.74, 6) is -1.18. The molecule has 0 saturated carbocycles. The highest BCUT2D eigenvalue weighted by molar-refractivity contribution is 6.47. The van der Waals surface area contributed by atoms with Crippen LogP contribution in [0.15, 0.2) is 83.5 Å². The smallest absolute Gasteiger partial charge is 0.278 e. The Bertz CT molecular complexity index is 1280. The summed E-state index contributed by atoms with van der Waals surface area (Å²) >= 11 is 6.17. The number of rotatable bonds is 7. The number of halogens is 1. The number of nitrogens with one attached hydrogen (secondary N) is 2. The Morgan fingerprint density at radius 2 is 1.59 bits per heavy atom. The van der Waals surface area contributed by atoms with Gasteiger partial charge in [0.05, 0.1) is 6.54 Å². The minimum Gasteiger partial charge on any atom is -0.375 e. The fourth-order valence-corrected chi connectivity index (χ4v) is 3.97. The van der Waals surface area contributed by atoms with Crippen LogP contribution in [0.4, 0.5) is 5.69 Å². The van der Waals surface area contributed by atoms with Crippen LogP contribution in [-0.4, -0.2) is 22.6 Å². The quantitative estimate of drug-likeness (QED) is 0.489. The average Bonchev–Trinajstić information content (AvgIpc) is 3.03. The van der Waals surface area contributed by atoms with Gasteiger partial charge < -0.3 is 10.6 Å². The number of aryl methyl sites for hydroxylation is 2. The van der Waals surface area contributed by atoms with Crippen LogP contribution in [0.25, 0.3) is 0 Å². The third kappa shape index (κ3) is 5.02. The molecule has 7 heteroatoms. The normalized spacial score (nSPS) is 13.4. The van der Waals surface area contributed by atoms with Crippen molar-refractivity contribution in [2.75, 3.05) is 5.32 Å². The topological polar surface area (TPSA) is 78.5 Å². The first-order valence-corrected chi connectivity index (χ1v) is 11.2. The first kappa shape index (κ1) is 23.3. The minimum absolute atomic E-state index is 0.0827. The number of imide groups is 1. The van der Waals surface area contributed by atoms with E-state index >= 15 is 0 Å².